The van der Waals surface area contributed by atoms with Gasteiger partial charge in [-0.3, -0.25) is 4.79 Å². The highest BCUT2D eigenvalue weighted by Crippen LogP contribution is 2.30. The molecule has 1 atom stereocenters. The maximum Gasteiger partial charge on any atom is 0.321 e. The minimum atomic E-state index is -0.874. The van der Waals surface area contributed by atoms with Crippen LogP contribution in [0.1, 0.15) is 19.0 Å². The van der Waals surface area contributed by atoms with Crippen LogP contribution in [0.4, 0.5) is 10.5 Å². The molecule has 1 fully saturated rings. The predicted octanol–water partition coefficient (Wildman–Crippen LogP) is 2.51. The van der Waals surface area contributed by atoms with Crippen LogP contribution in [0.25, 0.3) is 5.69 Å². The maximum absolute atomic E-state index is 12.4. The summed E-state index contributed by atoms with van der Waals surface area (Å²) >= 11 is 0. The number of amides is 2. The van der Waals surface area contributed by atoms with Crippen LogP contribution >= 0.6 is 0 Å². The number of aromatic nitrogens is 2. The van der Waals surface area contributed by atoms with Crippen molar-refractivity contribution in [3.05, 3.63) is 42.2 Å². The molecule has 0 aliphatic carbocycles. The fourth-order valence-corrected chi connectivity index (χ4v) is 2.80. The average Bonchev–Trinajstić information content (AvgIpc) is 3.13. The van der Waals surface area contributed by atoms with E-state index >= 15 is 0 Å². The summed E-state index contributed by atoms with van der Waals surface area (Å²) in [5.74, 6) is -0.870. The van der Waals surface area contributed by atoms with Crippen LogP contribution in [0.2, 0.25) is 0 Å². The number of nitrogens with zero attached hydrogens (tertiary/aromatic N) is 3. The lowest BCUT2D eigenvalue weighted by atomic mass is 9.90. The van der Waals surface area contributed by atoms with E-state index in [1.54, 1.807) is 17.8 Å². The van der Waals surface area contributed by atoms with E-state index in [0.29, 0.717) is 24.3 Å². The minimum absolute atomic E-state index is 0.208. The molecule has 1 aliphatic rings. The van der Waals surface area contributed by atoms with Crippen LogP contribution in [0.15, 0.2) is 36.5 Å². The Kier molecular flexibility index (Phi) is 4.01. The van der Waals surface area contributed by atoms with Crippen molar-refractivity contribution in [3.8, 4) is 5.69 Å². The van der Waals surface area contributed by atoms with Crippen LogP contribution in [0.5, 0.6) is 0 Å². The van der Waals surface area contributed by atoms with Crippen LogP contribution in [0, 0.1) is 12.3 Å². The highest BCUT2D eigenvalue weighted by molar-refractivity contribution is 5.90. The van der Waals surface area contributed by atoms with Crippen molar-refractivity contribution in [2.75, 3.05) is 18.4 Å². The lowest BCUT2D eigenvalue weighted by Crippen LogP contribution is -2.37. The molecule has 0 saturated carbocycles. The maximum atomic E-state index is 12.4. The fraction of sp³-hybridized carbons (Fsp3) is 0.353. The van der Waals surface area contributed by atoms with Crippen LogP contribution in [0.3, 0.4) is 0 Å². The number of rotatable bonds is 3. The van der Waals surface area contributed by atoms with Gasteiger partial charge in [-0.1, -0.05) is 18.2 Å². The molecule has 24 heavy (non-hydrogen) atoms. The van der Waals surface area contributed by atoms with Gasteiger partial charge in [-0.25, -0.2) is 9.48 Å². The van der Waals surface area contributed by atoms with Gasteiger partial charge in [0.05, 0.1) is 28.7 Å². The SMILES string of the molecule is Cc1nn(-c2ccccc2)cc1NC(=O)N1CCC(C)(C(=O)O)C1. The van der Waals surface area contributed by atoms with Crippen molar-refractivity contribution in [1.82, 2.24) is 14.7 Å². The number of urea groups is 1. The van der Waals surface area contributed by atoms with E-state index in [2.05, 4.69) is 10.4 Å². The van der Waals surface area contributed by atoms with Gasteiger partial charge in [0.25, 0.3) is 0 Å². The Labute approximate surface area is 139 Å². The lowest BCUT2D eigenvalue weighted by molar-refractivity contribution is -0.146. The van der Waals surface area contributed by atoms with Gasteiger partial charge in [-0.15, -0.1) is 0 Å². The van der Waals surface area contributed by atoms with Crippen LogP contribution in [-0.2, 0) is 4.79 Å². The quantitative estimate of drug-likeness (QED) is 0.906. The third-order valence-electron chi connectivity index (χ3n) is 4.44. The Bertz CT molecular complexity index is 771. The number of anilines is 1. The number of carbonyl (C=O) groups excluding carboxylic acids is 1. The van der Waals surface area contributed by atoms with Gasteiger partial charge in [0.1, 0.15) is 0 Å². The molecule has 0 spiro atoms. The molecule has 1 aromatic carbocycles. The second-order valence-corrected chi connectivity index (χ2v) is 6.38. The van der Waals surface area contributed by atoms with Gasteiger partial charge in [0, 0.05) is 13.1 Å². The van der Waals surface area contributed by atoms with Gasteiger partial charge >= 0.3 is 12.0 Å². The van der Waals surface area contributed by atoms with E-state index in [0.717, 1.165) is 5.69 Å². The number of benzene rings is 1. The van der Waals surface area contributed by atoms with E-state index in [1.807, 2.05) is 37.3 Å². The number of carbonyl (C=O) groups is 2. The van der Waals surface area contributed by atoms with Crippen molar-refractivity contribution in [2.24, 2.45) is 5.41 Å². The molecule has 1 aromatic heterocycles. The summed E-state index contributed by atoms with van der Waals surface area (Å²) in [7, 11) is 0. The van der Waals surface area contributed by atoms with E-state index < -0.39 is 11.4 Å². The summed E-state index contributed by atoms with van der Waals surface area (Å²) in [5, 5.41) is 16.5. The number of likely N-dealkylation sites (tertiary alicyclic amines) is 1. The summed E-state index contributed by atoms with van der Waals surface area (Å²) < 4.78 is 1.70. The van der Waals surface area contributed by atoms with Crippen LogP contribution in [-0.4, -0.2) is 44.9 Å². The van der Waals surface area contributed by atoms with E-state index in [4.69, 9.17) is 0 Å². The van der Waals surface area contributed by atoms with Crippen molar-refractivity contribution in [2.45, 2.75) is 20.3 Å². The number of para-hydroxylation sites is 1. The zero-order chi connectivity index (χ0) is 17.3. The standard InChI is InChI=1S/C17H20N4O3/c1-12-14(10-21(19-12)13-6-4-3-5-7-13)18-16(24)20-9-8-17(2,11-20)15(22)23/h3-7,10H,8-9,11H2,1-2H3,(H,18,24)(H,22,23). The Hall–Kier alpha value is -2.83. The number of aliphatic carboxylic acids is 1. The summed E-state index contributed by atoms with van der Waals surface area (Å²) in [5.41, 5.74) is 1.35. The molecule has 7 nitrogen and oxygen atoms in total. The normalized spacial score (nSPS) is 20.2. The van der Waals surface area contributed by atoms with Crippen molar-refractivity contribution < 1.29 is 14.7 Å². The average molecular weight is 328 g/mol. The number of hydrogen-bond acceptors (Lipinski definition) is 3. The molecule has 2 heterocycles. The zero-order valence-electron chi connectivity index (χ0n) is 13.7. The number of nitrogens with one attached hydrogen (secondary N) is 1. The number of carboxylic acid groups (broad SMARTS) is 1. The lowest BCUT2D eigenvalue weighted by Gasteiger charge is -2.20. The smallest absolute Gasteiger partial charge is 0.321 e. The molecule has 0 radical (unpaired) electrons. The van der Waals surface area contributed by atoms with Gasteiger partial charge < -0.3 is 15.3 Å². The molecule has 7 heteroatoms. The molecule has 2 aromatic rings. The molecular weight excluding hydrogens is 308 g/mol. The first kappa shape index (κ1) is 16.0. The zero-order valence-corrected chi connectivity index (χ0v) is 13.7. The highest BCUT2D eigenvalue weighted by Gasteiger charge is 2.42. The fourth-order valence-electron chi connectivity index (χ4n) is 2.80. The van der Waals surface area contributed by atoms with Crippen molar-refractivity contribution >= 4 is 17.7 Å². The molecular formula is C17H20N4O3. The Balaban J connectivity index is 1.72. The number of carboxylic acids is 1. The number of hydrogen-bond donors (Lipinski definition) is 2. The minimum Gasteiger partial charge on any atom is -0.481 e. The first-order valence-corrected chi connectivity index (χ1v) is 7.80. The largest absolute Gasteiger partial charge is 0.481 e. The second kappa shape index (κ2) is 5.99. The predicted molar refractivity (Wildman–Crippen MR) is 89.3 cm³/mol. The summed E-state index contributed by atoms with van der Waals surface area (Å²) in [6, 6.07) is 9.32. The third-order valence-corrected chi connectivity index (χ3v) is 4.44. The van der Waals surface area contributed by atoms with Crippen molar-refractivity contribution in [1.29, 1.82) is 0 Å². The third kappa shape index (κ3) is 2.97. The molecule has 1 unspecified atom stereocenters. The number of aryl methyl sites for hydroxylation is 1. The first-order valence-electron chi connectivity index (χ1n) is 7.80. The Morgan fingerprint density at radius 1 is 1.29 bits per heavy atom. The van der Waals surface area contributed by atoms with E-state index in [9.17, 15) is 14.7 Å². The first-order chi connectivity index (χ1) is 11.4. The topological polar surface area (TPSA) is 87.5 Å². The van der Waals surface area contributed by atoms with Gasteiger partial charge in [-0.2, -0.15) is 5.10 Å². The Morgan fingerprint density at radius 2 is 2.00 bits per heavy atom. The molecule has 2 amide bonds. The molecule has 1 aliphatic heterocycles. The summed E-state index contributed by atoms with van der Waals surface area (Å²) in [6.07, 6.45) is 2.22. The summed E-state index contributed by atoms with van der Waals surface area (Å²) in [6.45, 7) is 4.13. The molecule has 1 saturated heterocycles. The van der Waals surface area contributed by atoms with Gasteiger partial charge in [0.15, 0.2) is 0 Å². The molecule has 126 valence electrons. The molecule has 3 rings (SSSR count). The highest BCUT2D eigenvalue weighted by atomic mass is 16.4. The summed E-state index contributed by atoms with van der Waals surface area (Å²) in [4.78, 5) is 25.2. The van der Waals surface area contributed by atoms with Crippen LogP contribution < -0.4 is 5.32 Å². The van der Waals surface area contributed by atoms with E-state index in [-0.39, 0.29) is 12.6 Å². The van der Waals surface area contributed by atoms with Gasteiger partial charge in [0.2, 0.25) is 0 Å². The Morgan fingerprint density at radius 3 is 2.62 bits per heavy atom. The monoisotopic (exact) mass is 328 g/mol. The van der Waals surface area contributed by atoms with E-state index in [1.165, 1.54) is 4.90 Å². The molecule has 2 N–H and O–H groups in total. The van der Waals surface area contributed by atoms with Crippen molar-refractivity contribution in [3.63, 3.8) is 0 Å². The second-order valence-electron chi connectivity index (χ2n) is 6.38. The molecule has 0 bridgehead atoms. The van der Waals surface area contributed by atoms with Gasteiger partial charge in [-0.05, 0) is 32.4 Å².